The third kappa shape index (κ3) is 2.15. The first-order valence-corrected chi connectivity index (χ1v) is 5.79. The van der Waals surface area contributed by atoms with Gasteiger partial charge in [0.2, 0.25) is 0 Å². The van der Waals surface area contributed by atoms with Crippen LogP contribution in [-0.2, 0) is 11.3 Å². The molecule has 1 aromatic carbocycles. The van der Waals surface area contributed by atoms with Gasteiger partial charge in [0.05, 0.1) is 11.8 Å². The molecule has 1 unspecified atom stereocenters. The van der Waals surface area contributed by atoms with Gasteiger partial charge in [-0.1, -0.05) is 6.07 Å². The van der Waals surface area contributed by atoms with Gasteiger partial charge in [-0.2, -0.15) is 5.26 Å². The Hall–Kier alpha value is -2.06. The lowest BCUT2D eigenvalue weighted by Gasteiger charge is -2.31. The molecule has 1 aliphatic heterocycles. The van der Waals surface area contributed by atoms with E-state index in [9.17, 15) is 4.79 Å². The molecule has 0 aliphatic carbocycles. The van der Waals surface area contributed by atoms with Crippen LogP contribution in [0.5, 0.6) is 5.75 Å². The van der Waals surface area contributed by atoms with Crippen molar-refractivity contribution in [2.75, 3.05) is 18.6 Å². The predicted octanol–water partition coefficient (Wildman–Crippen LogP) is 1.04. The molecule has 2 rings (SSSR count). The largest absolute Gasteiger partial charge is 0.482 e. The molecule has 1 aliphatic rings. The minimum absolute atomic E-state index is 0.00953. The van der Waals surface area contributed by atoms with Crippen LogP contribution in [0.3, 0.4) is 0 Å². The molecule has 5 heteroatoms. The Morgan fingerprint density at radius 2 is 2.39 bits per heavy atom. The van der Waals surface area contributed by atoms with E-state index < -0.39 is 6.04 Å². The molecule has 1 heterocycles. The number of nitrogens with one attached hydrogen (secondary N) is 1. The van der Waals surface area contributed by atoms with Crippen molar-refractivity contribution in [3.63, 3.8) is 0 Å². The Labute approximate surface area is 106 Å². The molecule has 0 aromatic heterocycles. The molecule has 0 saturated carbocycles. The van der Waals surface area contributed by atoms with E-state index in [1.807, 2.05) is 25.2 Å². The lowest BCUT2D eigenvalue weighted by molar-refractivity contribution is -0.121. The highest BCUT2D eigenvalue weighted by molar-refractivity contribution is 5.98. The van der Waals surface area contributed by atoms with E-state index in [0.717, 1.165) is 5.56 Å². The van der Waals surface area contributed by atoms with Gasteiger partial charge in [-0.15, -0.1) is 0 Å². The van der Waals surface area contributed by atoms with Crippen molar-refractivity contribution in [3.05, 3.63) is 23.8 Å². The number of anilines is 1. The fourth-order valence-electron chi connectivity index (χ4n) is 2.01. The summed E-state index contributed by atoms with van der Waals surface area (Å²) < 4.78 is 5.37. The average molecular weight is 245 g/mol. The molecular weight excluding hydrogens is 230 g/mol. The number of benzene rings is 1. The van der Waals surface area contributed by atoms with Crippen molar-refractivity contribution in [2.45, 2.75) is 19.5 Å². The second-order valence-electron chi connectivity index (χ2n) is 4.19. The summed E-state index contributed by atoms with van der Waals surface area (Å²) in [4.78, 5) is 13.4. The monoisotopic (exact) mass is 245 g/mol. The third-order valence-electron chi connectivity index (χ3n) is 2.86. The van der Waals surface area contributed by atoms with E-state index in [1.54, 1.807) is 6.92 Å². The maximum absolute atomic E-state index is 11.9. The summed E-state index contributed by atoms with van der Waals surface area (Å²) in [6.07, 6.45) is 0. The van der Waals surface area contributed by atoms with E-state index in [-0.39, 0.29) is 12.5 Å². The van der Waals surface area contributed by atoms with Crippen molar-refractivity contribution in [3.8, 4) is 11.8 Å². The summed E-state index contributed by atoms with van der Waals surface area (Å²) in [6.45, 7) is 2.40. The number of carbonyl (C=O) groups excluding carboxylic acids is 1. The van der Waals surface area contributed by atoms with Gasteiger partial charge in [-0.25, -0.2) is 0 Å². The Morgan fingerprint density at radius 3 is 3.06 bits per heavy atom. The van der Waals surface area contributed by atoms with Crippen LogP contribution in [0.4, 0.5) is 5.69 Å². The topological polar surface area (TPSA) is 65.4 Å². The molecule has 1 atom stereocenters. The molecule has 0 saturated heterocycles. The van der Waals surface area contributed by atoms with Crippen molar-refractivity contribution >= 4 is 11.6 Å². The molecule has 1 aromatic rings. The van der Waals surface area contributed by atoms with Gasteiger partial charge < -0.3 is 10.1 Å². The van der Waals surface area contributed by atoms with Gasteiger partial charge in [0.1, 0.15) is 11.8 Å². The van der Waals surface area contributed by atoms with Crippen LogP contribution < -0.4 is 15.0 Å². The minimum Gasteiger partial charge on any atom is -0.482 e. The van der Waals surface area contributed by atoms with E-state index in [2.05, 4.69) is 11.4 Å². The molecule has 5 nitrogen and oxygen atoms in total. The van der Waals surface area contributed by atoms with Crippen molar-refractivity contribution in [1.82, 2.24) is 5.32 Å². The van der Waals surface area contributed by atoms with Crippen LogP contribution >= 0.6 is 0 Å². The highest BCUT2D eigenvalue weighted by Gasteiger charge is 2.29. The first-order chi connectivity index (χ1) is 8.67. The fourth-order valence-corrected chi connectivity index (χ4v) is 2.01. The smallest absolute Gasteiger partial charge is 0.266 e. The Bertz CT molecular complexity index is 507. The Morgan fingerprint density at radius 1 is 1.61 bits per heavy atom. The molecule has 0 radical (unpaired) electrons. The number of hydrogen-bond acceptors (Lipinski definition) is 4. The van der Waals surface area contributed by atoms with E-state index >= 15 is 0 Å². The Kier molecular flexibility index (Phi) is 3.49. The molecule has 0 spiro atoms. The molecule has 1 N–H and O–H groups in total. The van der Waals surface area contributed by atoms with Gasteiger partial charge in [0.15, 0.2) is 6.61 Å². The summed E-state index contributed by atoms with van der Waals surface area (Å²) in [6, 6.07) is 7.27. The lowest BCUT2D eigenvalue weighted by Crippen LogP contribution is -2.44. The third-order valence-corrected chi connectivity index (χ3v) is 2.86. The number of carbonyl (C=O) groups is 1. The van der Waals surface area contributed by atoms with Gasteiger partial charge in [-0.3, -0.25) is 9.69 Å². The highest BCUT2D eigenvalue weighted by Crippen LogP contribution is 2.34. The van der Waals surface area contributed by atoms with Crippen LogP contribution in [-0.4, -0.2) is 25.6 Å². The van der Waals surface area contributed by atoms with Crippen molar-refractivity contribution in [1.29, 1.82) is 5.26 Å². The zero-order valence-electron chi connectivity index (χ0n) is 10.4. The number of hydrogen-bond donors (Lipinski definition) is 1. The first kappa shape index (κ1) is 12.4. The second-order valence-corrected chi connectivity index (χ2v) is 4.19. The molecule has 0 bridgehead atoms. The molecule has 1 amide bonds. The first-order valence-electron chi connectivity index (χ1n) is 5.79. The van der Waals surface area contributed by atoms with E-state index in [4.69, 9.17) is 10.00 Å². The quantitative estimate of drug-likeness (QED) is 0.864. The fraction of sp³-hybridized carbons (Fsp3) is 0.385. The van der Waals surface area contributed by atoms with Gasteiger partial charge in [0.25, 0.3) is 5.91 Å². The molecule has 18 heavy (non-hydrogen) atoms. The zero-order chi connectivity index (χ0) is 13.1. The standard InChI is InChI=1S/C13H15N3O2/c1-9(6-14)16-11-5-10(7-15-2)3-4-12(11)18-8-13(16)17/h3-5,9,15H,7-8H2,1-2H3. The second kappa shape index (κ2) is 5.07. The summed E-state index contributed by atoms with van der Waals surface area (Å²) in [5.41, 5.74) is 1.72. The number of ether oxygens (including phenoxy) is 1. The summed E-state index contributed by atoms with van der Waals surface area (Å²) in [7, 11) is 1.86. The van der Waals surface area contributed by atoms with Gasteiger partial charge >= 0.3 is 0 Å². The SMILES string of the molecule is CNCc1ccc2c(c1)N(C(C)C#N)C(=O)CO2. The van der Waals surface area contributed by atoms with Crippen LogP contribution in [0.25, 0.3) is 0 Å². The summed E-state index contributed by atoms with van der Waals surface area (Å²) >= 11 is 0. The van der Waals surface area contributed by atoms with E-state index in [1.165, 1.54) is 4.90 Å². The normalized spacial score (nSPS) is 15.6. The lowest BCUT2D eigenvalue weighted by atomic mass is 10.1. The Balaban J connectivity index is 2.43. The maximum Gasteiger partial charge on any atom is 0.266 e. The molecular formula is C13H15N3O2. The number of nitriles is 1. The zero-order valence-corrected chi connectivity index (χ0v) is 10.4. The number of nitrogens with zero attached hydrogens (tertiary/aromatic N) is 2. The van der Waals surface area contributed by atoms with Gasteiger partial charge in [-0.05, 0) is 31.7 Å². The predicted molar refractivity (Wildman–Crippen MR) is 67.3 cm³/mol. The van der Waals surface area contributed by atoms with E-state index in [0.29, 0.717) is 18.0 Å². The minimum atomic E-state index is -0.495. The maximum atomic E-state index is 11.9. The molecule has 94 valence electrons. The van der Waals surface area contributed by atoms with Crippen LogP contribution in [0.1, 0.15) is 12.5 Å². The summed E-state index contributed by atoms with van der Waals surface area (Å²) in [5.74, 6) is 0.467. The highest BCUT2D eigenvalue weighted by atomic mass is 16.5. The van der Waals surface area contributed by atoms with Crippen molar-refractivity contribution in [2.24, 2.45) is 0 Å². The number of rotatable bonds is 3. The van der Waals surface area contributed by atoms with Gasteiger partial charge in [0, 0.05) is 6.54 Å². The number of fused-ring (bicyclic) bond motifs is 1. The summed E-state index contributed by atoms with van der Waals surface area (Å²) in [5, 5.41) is 12.1. The van der Waals surface area contributed by atoms with Crippen LogP contribution in [0, 0.1) is 11.3 Å². The van der Waals surface area contributed by atoms with Crippen LogP contribution in [0.2, 0.25) is 0 Å². The number of amides is 1. The average Bonchev–Trinajstić information content (AvgIpc) is 2.38. The van der Waals surface area contributed by atoms with Crippen LogP contribution in [0.15, 0.2) is 18.2 Å². The van der Waals surface area contributed by atoms with Crippen molar-refractivity contribution < 1.29 is 9.53 Å². The molecule has 0 fully saturated rings.